The standard InChI is InChI=1S/C17H25NO2/c1-4-6-14-9-11-18(12-10-14)15-7-5-8-16(20-3)17(15)13(2)19/h5,7-8,14H,4,6,9-12H2,1-3H3. The van der Waals surface area contributed by atoms with Gasteiger partial charge in [-0.3, -0.25) is 4.79 Å². The van der Waals surface area contributed by atoms with E-state index >= 15 is 0 Å². The number of ether oxygens (including phenoxy) is 1. The Hall–Kier alpha value is -1.51. The molecule has 3 heteroatoms. The fourth-order valence-corrected chi connectivity index (χ4v) is 3.18. The van der Waals surface area contributed by atoms with E-state index in [1.54, 1.807) is 14.0 Å². The van der Waals surface area contributed by atoms with E-state index in [-0.39, 0.29) is 5.78 Å². The van der Waals surface area contributed by atoms with Crippen LogP contribution in [0.15, 0.2) is 18.2 Å². The Balaban J connectivity index is 2.19. The van der Waals surface area contributed by atoms with E-state index in [1.165, 1.54) is 25.7 Å². The highest BCUT2D eigenvalue weighted by atomic mass is 16.5. The topological polar surface area (TPSA) is 29.5 Å². The fourth-order valence-electron chi connectivity index (χ4n) is 3.18. The molecule has 0 aromatic heterocycles. The number of rotatable bonds is 5. The molecule has 0 saturated carbocycles. The van der Waals surface area contributed by atoms with E-state index < -0.39 is 0 Å². The van der Waals surface area contributed by atoms with E-state index in [2.05, 4.69) is 11.8 Å². The van der Waals surface area contributed by atoms with Gasteiger partial charge in [0.25, 0.3) is 0 Å². The molecule has 1 heterocycles. The summed E-state index contributed by atoms with van der Waals surface area (Å²) in [7, 11) is 1.62. The van der Waals surface area contributed by atoms with Crippen molar-refractivity contribution in [1.82, 2.24) is 0 Å². The van der Waals surface area contributed by atoms with Crippen LogP contribution >= 0.6 is 0 Å². The molecule has 2 rings (SSSR count). The van der Waals surface area contributed by atoms with Crippen LogP contribution in [0.25, 0.3) is 0 Å². The van der Waals surface area contributed by atoms with Gasteiger partial charge in [-0.25, -0.2) is 0 Å². The van der Waals surface area contributed by atoms with Gasteiger partial charge in [0, 0.05) is 13.1 Å². The first-order valence-corrected chi connectivity index (χ1v) is 7.60. The summed E-state index contributed by atoms with van der Waals surface area (Å²) in [5.41, 5.74) is 1.76. The first-order valence-electron chi connectivity index (χ1n) is 7.60. The number of hydrogen-bond donors (Lipinski definition) is 0. The number of Topliss-reactive ketones (excluding diaryl/α,β-unsaturated/α-hetero) is 1. The normalized spacial score (nSPS) is 16.2. The largest absolute Gasteiger partial charge is 0.496 e. The highest BCUT2D eigenvalue weighted by molar-refractivity contribution is 6.02. The van der Waals surface area contributed by atoms with Crippen LogP contribution in [-0.4, -0.2) is 26.0 Å². The minimum Gasteiger partial charge on any atom is -0.496 e. The molecule has 1 aromatic rings. The number of hydrogen-bond acceptors (Lipinski definition) is 3. The van der Waals surface area contributed by atoms with Crippen LogP contribution in [0, 0.1) is 5.92 Å². The van der Waals surface area contributed by atoms with E-state index in [9.17, 15) is 4.79 Å². The summed E-state index contributed by atoms with van der Waals surface area (Å²) >= 11 is 0. The van der Waals surface area contributed by atoms with Crippen LogP contribution in [0.1, 0.15) is 49.9 Å². The summed E-state index contributed by atoms with van der Waals surface area (Å²) in [6.45, 7) is 5.95. The maximum absolute atomic E-state index is 11.9. The molecule has 0 spiro atoms. The zero-order chi connectivity index (χ0) is 14.5. The van der Waals surface area contributed by atoms with Crippen molar-refractivity contribution in [3.63, 3.8) is 0 Å². The second-order valence-corrected chi connectivity index (χ2v) is 5.63. The molecule has 1 aromatic carbocycles. The van der Waals surface area contributed by atoms with E-state index in [0.29, 0.717) is 5.75 Å². The second kappa shape index (κ2) is 6.78. The summed E-state index contributed by atoms with van der Waals surface area (Å²) in [4.78, 5) is 14.3. The highest BCUT2D eigenvalue weighted by Crippen LogP contribution is 2.33. The number of anilines is 1. The van der Waals surface area contributed by atoms with Crippen molar-refractivity contribution >= 4 is 11.5 Å². The first-order chi connectivity index (χ1) is 9.67. The van der Waals surface area contributed by atoms with E-state index in [4.69, 9.17) is 4.74 Å². The molecule has 0 amide bonds. The summed E-state index contributed by atoms with van der Waals surface area (Å²) in [6.07, 6.45) is 5.04. The van der Waals surface area contributed by atoms with Crippen LogP contribution in [0.3, 0.4) is 0 Å². The van der Waals surface area contributed by atoms with Gasteiger partial charge in [-0.2, -0.15) is 0 Å². The Kier molecular flexibility index (Phi) is 5.05. The zero-order valence-corrected chi connectivity index (χ0v) is 12.8. The van der Waals surface area contributed by atoms with Crippen LogP contribution < -0.4 is 9.64 Å². The minimum absolute atomic E-state index is 0.0770. The zero-order valence-electron chi connectivity index (χ0n) is 12.8. The molecule has 0 unspecified atom stereocenters. The molecule has 0 N–H and O–H groups in total. The van der Waals surface area contributed by atoms with E-state index in [1.807, 2.05) is 18.2 Å². The second-order valence-electron chi connectivity index (χ2n) is 5.63. The highest BCUT2D eigenvalue weighted by Gasteiger charge is 2.23. The number of methoxy groups -OCH3 is 1. The quantitative estimate of drug-likeness (QED) is 0.763. The molecule has 1 saturated heterocycles. The third-order valence-electron chi connectivity index (χ3n) is 4.23. The maximum atomic E-state index is 11.9. The lowest BCUT2D eigenvalue weighted by atomic mass is 9.91. The SMILES string of the molecule is CCCC1CCN(c2cccc(OC)c2C(C)=O)CC1. The van der Waals surface area contributed by atoms with Gasteiger partial charge in [-0.1, -0.05) is 25.8 Å². The van der Waals surface area contributed by atoms with Crippen LogP contribution in [0.4, 0.5) is 5.69 Å². The lowest BCUT2D eigenvalue weighted by molar-refractivity contribution is 0.101. The Morgan fingerprint density at radius 1 is 1.35 bits per heavy atom. The van der Waals surface area contributed by atoms with Crippen molar-refractivity contribution in [2.24, 2.45) is 5.92 Å². The third-order valence-corrected chi connectivity index (χ3v) is 4.23. The van der Waals surface area contributed by atoms with Crippen molar-refractivity contribution in [3.05, 3.63) is 23.8 Å². The minimum atomic E-state index is 0.0770. The summed E-state index contributed by atoms with van der Waals surface area (Å²) < 4.78 is 5.35. The van der Waals surface area contributed by atoms with Crippen molar-refractivity contribution in [3.8, 4) is 5.75 Å². The van der Waals surface area contributed by atoms with Crippen molar-refractivity contribution in [1.29, 1.82) is 0 Å². The molecule has 3 nitrogen and oxygen atoms in total. The Morgan fingerprint density at radius 3 is 2.60 bits per heavy atom. The maximum Gasteiger partial charge on any atom is 0.165 e. The van der Waals surface area contributed by atoms with Gasteiger partial charge in [-0.05, 0) is 37.8 Å². The number of carbonyl (C=O) groups is 1. The average molecular weight is 275 g/mol. The molecule has 0 bridgehead atoms. The number of ketones is 1. The Labute approximate surface area is 121 Å². The monoisotopic (exact) mass is 275 g/mol. The van der Waals surface area contributed by atoms with Gasteiger partial charge >= 0.3 is 0 Å². The average Bonchev–Trinajstić information content (AvgIpc) is 2.47. The number of nitrogens with zero attached hydrogens (tertiary/aromatic N) is 1. The molecule has 0 aliphatic carbocycles. The Bertz CT molecular complexity index is 462. The molecular formula is C17H25NO2. The number of benzene rings is 1. The summed E-state index contributed by atoms with van der Waals surface area (Å²) in [5, 5.41) is 0. The molecule has 0 atom stereocenters. The third kappa shape index (κ3) is 3.14. The first kappa shape index (κ1) is 14.9. The smallest absolute Gasteiger partial charge is 0.165 e. The molecule has 1 aliphatic heterocycles. The fraction of sp³-hybridized carbons (Fsp3) is 0.588. The summed E-state index contributed by atoms with van der Waals surface area (Å²) in [6, 6.07) is 5.88. The molecule has 1 fully saturated rings. The molecular weight excluding hydrogens is 250 g/mol. The van der Waals surface area contributed by atoms with Gasteiger partial charge in [0.1, 0.15) is 5.75 Å². The Morgan fingerprint density at radius 2 is 2.05 bits per heavy atom. The van der Waals surface area contributed by atoms with Gasteiger partial charge in [0.15, 0.2) is 5.78 Å². The van der Waals surface area contributed by atoms with Crippen molar-refractivity contribution in [2.45, 2.75) is 39.5 Å². The van der Waals surface area contributed by atoms with Gasteiger partial charge in [0.05, 0.1) is 18.4 Å². The number of piperidine rings is 1. The van der Waals surface area contributed by atoms with Crippen LogP contribution in [-0.2, 0) is 0 Å². The van der Waals surface area contributed by atoms with Crippen LogP contribution in [0.5, 0.6) is 5.75 Å². The molecule has 1 aliphatic rings. The van der Waals surface area contributed by atoms with Crippen LogP contribution in [0.2, 0.25) is 0 Å². The summed E-state index contributed by atoms with van der Waals surface area (Å²) in [5.74, 6) is 1.61. The van der Waals surface area contributed by atoms with Gasteiger partial charge < -0.3 is 9.64 Å². The molecule has 20 heavy (non-hydrogen) atoms. The lowest BCUT2D eigenvalue weighted by Gasteiger charge is -2.34. The predicted molar refractivity (Wildman–Crippen MR) is 82.8 cm³/mol. The predicted octanol–water partition coefficient (Wildman–Crippen LogP) is 3.91. The number of carbonyl (C=O) groups excluding carboxylic acids is 1. The van der Waals surface area contributed by atoms with Crippen molar-refractivity contribution in [2.75, 3.05) is 25.1 Å². The van der Waals surface area contributed by atoms with E-state index in [0.717, 1.165) is 30.3 Å². The van der Waals surface area contributed by atoms with Gasteiger partial charge in [0.2, 0.25) is 0 Å². The van der Waals surface area contributed by atoms with Gasteiger partial charge in [-0.15, -0.1) is 0 Å². The molecule has 0 radical (unpaired) electrons. The lowest BCUT2D eigenvalue weighted by Crippen LogP contribution is -2.34. The molecule has 110 valence electrons. The van der Waals surface area contributed by atoms with Crippen molar-refractivity contribution < 1.29 is 9.53 Å².